The second kappa shape index (κ2) is 8.15. The molecule has 6 heteroatoms. The molecule has 1 saturated heterocycles. The summed E-state index contributed by atoms with van der Waals surface area (Å²) in [5.74, 6) is 0.0373. The topological polar surface area (TPSA) is 58.1 Å². The maximum atomic E-state index is 13.1. The molecule has 28 heavy (non-hydrogen) atoms. The summed E-state index contributed by atoms with van der Waals surface area (Å²) in [7, 11) is 0. The third-order valence-electron chi connectivity index (χ3n) is 5.15. The number of fused-ring (bicyclic) bond motifs is 1. The number of hydrogen-bond donors (Lipinski definition) is 1. The molecule has 1 amide bonds. The van der Waals surface area contributed by atoms with Crippen molar-refractivity contribution in [2.75, 3.05) is 18.4 Å². The average molecular weight is 397 g/mol. The molecule has 0 aliphatic carbocycles. The van der Waals surface area contributed by atoms with E-state index in [4.69, 9.17) is 0 Å². The van der Waals surface area contributed by atoms with Crippen LogP contribution in [-0.4, -0.2) is 33.9 Å². The van der Waals surface area contributed by atoms with Crippen LogP contribution < -0.4 is 5.32 Å². The summed E-state index contributed by atoms with van der Waals surface area (Å²) >= 11 is 0. The van der Waals surface area contributed by atoms with Gasteiger partial charge in [0.15, 0.2) is 5.65 Å². The number of carbonyl (C=O) groups is 1. The van der Waals surface area contributed by atoms with Crippen LogP contribution in [0.5, 0.6) is 0 Å². The number of likely N-dealkylation sites (tertiary alicyclic amines) is 1. The average Bonchev–Trinajstić information content (AvgIpc) is 3.19. The number of carbonyl (C=O) groups excluding carboxylic acids is 1. The summed E-state index contributed by atoms with van der Waals surface area (Å²) in [5.41, 5.74) is 6.26. The van der Waals surface area contributed by atoms with E-state index in [1.807, 2.05) is 24.0 Å². The van der Waals surface area contributed by atoms with Gasteiger partial charge in [0.1, 0.15) is 0 Å². The quantitative estimate of drug-likeness (QED) is 0.680. The molecule has 146 valence electrons. The van der Waals surface area contributed by atoms with Crippen LogP contribution in [0.1, 0.15) is 40.0 Å². The Labute approximate surface area is 171 Å². The monoisotopic (exact) mass is 396 g/mol. The summed E-state index contributed by atoms with van der Waals surface area (Å²) in [6.45, 7) is 7.70. The fourth-order valence-electron chi connectivity index (χ4n) is 3.56. The van der Waals surface area contributed by atoms with Crippen molar-refractivity contribution in [1.82, 2.24) is 14.9 Å². The van der Waals surface area contributed by atoms with E-state index in [2.05, 4.69) is 47.3 Å². The molecule has 0 atom stereocenters. The Hall–Kier alpha value is -2.66. The number of rotatable bonds is 3. The van der Waals surface area contributed by atoms with E-state index in [9.17, 15) is 4.79 Å². The minimum Gasteiger partial charge on any atom is -0.354 e. The molecule has 1 aliphatic rings. The van der Waals surface area contributed by atoms with E-state index < -0.39 is 0 Å². The zero-order chi connectivity index (χ0) is 19.0. The summed E-state index contributed by atoms with van der Waals surface area (Å²) in [6.07, 6.45) is 3.80. The lowest BCUT2D eigenvalue weighted by atomic mass is 10.1. The van der Waals surface area contributed by atoms with Gasteiger partial charge in [-0.15, -0.1) is 12.4 Å². The molecule has 0 bridgehead atoms. The molecule has 1 aromatic carbocycles. The molecule has 1 N–H and O–H groups in total. The highest BCUT2D eigenvalue weighted by Gasteiger charge is 2.24. The number of pyridine rings is 2. The van der Waals surface area contributed by atoms with Gasteiger partial charge in [0, 0.05) is 36.1 Å². The van der Waals surface area contributed by atoms with Gasteiger partial charge in [-0.1, -0.05) is 12.1 Å². The van der Waals surface area contributed by atoms with Gasteiger partial charge in [0.05, 0.1) is 11.3 Å². The first-order chi connectivity index (χ1) is 13.0. The molecule has 5 nitrogen and oxygen atoms in total. The molecule has 0 saturated carbocycles. The van der Waals surface area contributed by atoms with Crippen LogP contribution in [0.2, 0.25) is 0 Å². The second-order valence-electron chi connectivity index (χ2n) is 7.31. The molecular formula is C22H25ClN4O. The minimum absolute atomic E-state index is 0. The number of halogens is 1. The van der Waals surface area contributed by atoms with Gasteiger partial charge in [-0.2, -0.15) is 0 Å². The summed E-state index contributed by atoms with van der Waals surface area (Å²) in [5, 5.41) is 4.39. The molecule has 0 spiro atoms. The van der Waals surface area contributed by atoms with Crippen LogP contribution in [0, 0.1) is 20.8 Å². The first-order valence-electron chi connectivity index (χ1n) is 9.43. The molecule has 4 rings (SSSR count). The van der Waals surface area contributed by atoms with Crippen molar-refractivity contribution in [3.63, 3.8) is 0 Å². The molecule has 0 radical (unpaired) electrons. The summed E-state index contributed by atoms with van der Waals surface area (Å²) < 4.78 is 0. The standard InChI is InChI=1S/C22H24N4O.ClH/c1-14-6-7-15(2)19(12-14)25-20-17-9-8-16(3)24-21(17)23-13-18(20)22(27)26-10-4-5-11-26;/h6-9,12-13H,4-5,10-11H2,1-3H3,(H,23,24,25);1H. The number of anilines is 2. The maximum Gasteiger partial charge on any atom is 0.257 e. The van der Waals surface area contributed by atoms with Gasteiger partial charge < -0.3 is 10.2 Å². The number of nitrogens with one attached hydrogen (secondary N) is 1. The van der Waals surface area contributed by atoms with Crippen molar-refractivity contribution in [3.05, 3.63) is 58.9 Å². The van der Waals surface area contributed by atoms with Gasteiger partial charge in [0.2, 0.25) is 0 Å². The predicted molar refractivity (Wildman–Crippen MR) is 116 cm³/mol. The third kappa shape index (κ3) is 3.80. The van der Waals surface area contributed by atoms with E-state index >= 15 is 0 Å². The van der Waals surface area contributed by atoms with Crippen LogP contribution in [0.15, 0.2) is 36.5 Å². The molecular weight excluding hydrogens is 372 g/mol. The zero-order valence-corrected chi connectivity index (χ0v) is 17.3. The van der Waals surface area contributed by atoms with Crippen LogP contribution in [0.25, 0.3) is 11.0 Å². The van der Waals surface area contributed by atoms with Crippen LogP contribution in [0.4, 0.5) is 11.4 Å². The van der Waals surface area contributed by atoms with Crippen LogP contribution in [-0.2, 0) is 0 Å². The van der Waals surface area contributed by atoms with Gasteiger partial charge in [-0.05, 0) is 62.9 Å². The van der Waals surface area contributed by atoms with Crippen molar-refractivity contribution in [1.29, 1.82) is 0 Å². The van der Waals surface area contributed by atoms with E-state index in [-0.39, 0.29) is 18.3 Å². The molecule has 0 unspecified atom stereocenters. The fourth-order valence-corrected chi connectivity index (χ4v) is 3.56. The smallest absolute Gasteiger partial charge is 0.257 e. The number of benzene rings is 1. The molecule has 3 aromatic rings. The Morgan fingerprint density at radius 1 is 1.07 bits per heavy atom. The van der Waals surface area contributed by atoms with Gasteiger partial charge >= 0.3 is 0 Å². The lowest BCUT2D eigenvalue weighted by Gasteiger charge is -2.20. The van der Waals surface area contributed by atoms with E-state index in [0.717, 1.165) is 53.9 Å². The third-order valence-corrected chi connectivity index (χ3v) is 5.15. The first-order valence-corrected chi connectivity index (χ1v) is 9.43. The molecule has 3 heterocycles. The maximum absolute atomic E-state index is 13.1. The summed E-state index contributed by atoms with van der Waals surface area (Å²) in [4.78, 5) is 24.1. The van der Waals surface area contributed by atoms with Crippen molar-refractivity contribution >= 4 is 40.7 Å². The van der Waals surface area contributed by atoms with Crippen molar-refractivity contribution < 1.29 is 4.79 Å². The van der Waals surface area contributed by atoms with Crippen molar-refractivity contribution in [2.45, 2.75) is 33.6 Å². The van der Waals surface area contributed by atoms with Crippen LogP contribution in [0.3, 0.4) is 0 Å². The Kier molecular flexibility index (Phi) is 5.84. The summed E-state index contributed by atoms with van der Waals surface area (Å²) in [6, 6.07) is 10.2. The second-order valence-corrected chi connectivity index (χ2v) is 7.31. The minimum atomic E-state index is 0. The fraction of sp³-hybridized carbons (Fsp3) is 0.318. The van der Waals surface area contributed by atoms with Crippen LogP contribution >= 0.6 is 12.4 Å². The highest BCUT2D eigenvalue weighted by Crippen LogP contribution is 2.31. The highest BCUT2D eigenvalue weighted by molar-refractivity contribution is 6.07. The van der Waals surface area contributed by atoms with E-state index in [1.54, 1.807) is 6.20 Å². The van der Waals surface area contributed by atoms with Crippen molar-refractivity contribution in [2.24, 2.45) is 0 Å². The lowest BCUT2D eigenvalue weighted by molar-refractivity contribution is 0.0793. The van der Waals surface area contributed by atoms with E-state index in [1.165, 1.54) is 5.56 Å². The number of amides is 1. The Balaban J connectivity index is 0.00000225. The Morgan fingerprint density at radius 3 is 2.57 bits per heavy atom. The normalized spacial score (nSPS) is 13.5. The molecule has 1 aliphatic heterocycles. The first kappa shape index (κ1) is 20.1. The Morgan fingerprint density at radius 2 is 1.82 bits per heavy atom. The number of aryl methyl sites for hydroxylation is 3. The van der Waals surface area contributed by atoms with Gasteiger partial charge in [-0.3, -0.25) is 4.79 Å². The Bertz CT molecular complexity index is 1030. The predicted octanol–water partition coefficient (Wildman–Crippen LogP) is 4.96. The van der Waals surface area contributed by atoms with E-state index in [0.29, 0.717) is 11.2 Å². The highest BCUT2D eigenvalue weighted by atomic mass is 35.5. The van der Waals surface area contributed by atoms with Gasteiger partial charge in [-0.25, -0.2) is 9.97 Å². The zero-order valence-electron chi connectivity index (χ0n) is 16.5. The molecule has 1 fully saturated rings. The lowest BCUT2D eigenvalue weighted by Crippen LogP contribution is -2.28. The number of aromatic nitrogens is 2. The SMILES string of the molecule is Cc1ccc(C)c(Nc2c(C(=O)N3CCCC3)cnc3nc(C)ccc23)c1.Cl. The van der Waals surface area contributed by atoms with Crippen molar-refractivity contribution in [3.8, 4) is 0 Å². The van der Waals surface area contributed by atoms with Gasteiger partial charge in [0.25, 0.3) is 5.91 Å². The number of nitrogens with zero attached hydrogens (tertiary/aromatic N) is 3. The molecule has 2 aromatic heterocycles. The largest absolute Gasteiger partial charge is 0.354 e. The number of hydrogen-bond acceptors (Lipinski definition) is 4.